The predicted molar refractivity (Wildman–Crippen MR) is 262 cm³/mol. The van der Waals surface area contributed by atoms with E-state index in [1.165, 1.54) is 22.8 Å². The van der Waals surface area contributed by atoms with E-state index in [9.17, 15) is 13.2 Å². The summed E-state index contributed by atoms with van der Waals surface area (Å²) < 4.78 is 46.2. The third kappa shape index (κ3) is 6.59. The van der Waals surface area contributed by atoms with Crippen LogP contribution in [0.3, 0.4) is 0 Å². The van der Waals surface area contributed by atoms with Gasteiger partial charge in [-0.05, 0) is 155 Å². The Morgan fingerprint density at radius 1 is 0.400 bits per heavy atom. The molecule has 9 aromatic carbocycles. The Bertz CT molecular complexity index is 3760. The molecule has 0 saturated heterocycles. The largest absolute Gasteiger partial charge is 0.416 e. The van der Waals surface area contributed by atoms with Crippen molar-refractivity contribution in [2.45, 2.75) is 26.9 Å². The van der Waals surface area contributed by atoms with Gasteiger partial charge in [0.25, 0.3) is 0 Å². The van der Waals surface area contributed by atoms with Gasteiger partial charge in [0.1, 0.15) is 0 Å². The summed E-state index contributed by atoms with van der Waals surface area (Å²) in [5, 5.41) is 4.41. The summed E-state index contributed by atoms with van der Waals surface area (Å²) in [6.07, 6.45) is -4.46. The molecule has 0 aliphatic heterocycles. The molecule has 0 atom stereocenters. The Balaban J connectivity index is 1.17. The Morgan fingerprint density at radius 2 is 0.908 bits per heavy atom. The minimum absolute atomic E-state index is 0.460. The first-order valence-electron chi connectivity index (χ1n) is 21.6. The van der Waals surface area contributed by atoms with Crippen LogP contribution in [0.25, 0.3) is 104 Å². The Labute approximate surface area is 374 Å². The van der Waals surface area contributed by atoms with E-state index in [4.69, 9.17) is 6.57 Å². The molecule has 0 aliphatic rings. The van der Waals surface area contributed by atoms with Crippen molar-refractivity contribution in [3.63, 3.8) is 0 Å². The van der Waals surface area contributed by atoms with Crippen molar-refractivity contribution >= 4 is 49.3 Å². The van der Waals surface area contributed by atoms with Crippen LogP contribution in [-0.2, 0) is 6.18 Å². The van der Waals surface area contributed by atoms with Gasteiger partial charge in [-0.1, -0.05) is 115 Å². The van der Waals surface area contributed by atoms with E-state index in [0.717, 1.165) is 88.9 Å². The zero-order valence-corrected chi connectivity index (χ0v) is 35.9. The highest BCUT2D eigenvalue weighted by molar-refractivity contribution is 6.12. The van der Waals surface area contributed by atoms with Crippen molar-refractivity contribution in [3.05, 3.63) is 222 Å². The lowest BCUT2D eigenvalue weighted by atomic mass is 9.93. The van der Waals surface area contributed by atoms with Crippen LogP contribution in [0.1, 0.15) is 22.3 Å². The maximum atomic E-state index is 13.9. The smallest absolute Gasteiger partial charge is 0.309 e. The van der Waals surface area contributed by atoms with Gasteiger partial charge in [-0.15, -0.1) is 0 Å². The molecule has 11 rings (SSSR count). The van der Waals surface area contributed by atoms with E-state index in [1.54, 1.807) is 13.0 Å². The Kier molecular flexibility index (Phi) is 9.34. The number of aromatic nitrogens is 2. The number of hydrogen-bond donors (Lipinski definition) is 0. The van der Waals surface area contributed by atoms with Gasteiger partial charge >= 0.3 is 6.18 Å². The number of aryl methyl sites for hydroxylation is 3. The molecule has 312 valence electrons. The molecule has 0 aliphatic carbocycles. The summed E-state index contributed by atoms with van der Waals surface area (Å²) in [4.78, 5) is 4.11. The van der Waals surface area contributed by atoms with E-state index in [-0.39, 0.29) is 0 Å². The lowest BCUT2D eigenvalue weighted by molar-refractivity contribution is -0.137. The van der Waals surface area contributed by atoms with E-state index < -0.39 is 11.7 Å². The van der Waals surface area contributed by atoms with Crippen LogP contribution >= 0.6 is 0 Å². The van der Waals surface area contributed by atoms with Gasteiger partial charge in [-0.25, -0.2) is 4.85 Å². The summed E-state index contributed by atoms with van der Waals surface area (Å²) in [5.74, 6) is 0. The highest BCUT2D eigenvalue weighted by Crippen LogP contribution is 2.45. The molecule has 0 bridgehead atoms. The normalized spacial score (nSPS) is 11.8. The quantitative estimate of drug-likeness (QED) is 0.148. The molecule has 0 N–H and O–H groups in total. The van der Waals surface area contributed by atoms with E-state index >= 15 is 0 Å². The standard InChI is InChI=1S/C59H40F3N3/c1-36-13-5-7-15-44(36)39-21-28-56-50(32-39)47-17-9-11-19-54(47)64(56)43-25-27-53(63-4)49(35-43)52-34-41(46-26-24-42(31-38(46)3)59(60,61)62)23-30-58(52)65-55-20-12-10-18-48(55)51-33-40(22-29-57(51)65)45-16-8-6-14-37(45)2/h5-35H,1-3H3. The first-order chi connectivity index (χ1) is 31.6. The van der Waals surface area contributed by atoms with Crippen LogP contribution in [-0.4, -0.2) is 9.13 Å². The first kappa shape index (κ1) is 39.7. The van der Waals surface area contributed by atoms with Gasteiger partial charge in [-0.2, -0.15) is 13.2 Å². The molecule has 6 heteroatoms. The molecule has 0 saturated carbocycles. The van der Waals surface area contributed by atoms with E-state index in [1.807, 2.05) is 30.3 Å². The van der Waals surface area contributed by atoms with Gasteiger partial charge in [-0.3, -0.25) is 0 Å². The third-order valence-corrected chi connectivity index (χ3v) is 13.0. The molecular formula is C59H40F3N3. The summed E-state index contributed by atoms with van der Waals surface area (Å²) in [6, 6.07) is 62.8. The fourth-order valence-electron chi connectivity index (χ4n) is 9.87. The first-order valence-corrected chi connectivity index (χ1v) is 21.6. The van der Waals surface area contributed by atoms with Gasteiger partial charge in [0.2, 0.25) is 0 Å². The second-order valence-corrected chi connectivity index (χ2v) is 16.9. The van der Waals surface area contributed by atoms with Crippen molar-refractivity contribution in [1.29, 1.82) is 0 Å². The molecule has 2 aromatic heterocycles. The maximum absolute atomic E-state index is 13.9. The van der Waals surface area contributed by atoms with Crippen LogP contribution in [0.15, 0.2) is 188 Å². The number of para-hydroxylation sites is 2. The zero-order valence-electron chi connectivity index (χ0n) is 35.9. The number of rotatable bonds is 6. The Hall–Kier alpha value is -8.14. The molecule has 65 heavy (non-hydrogen) atoms. The van der Waals surface area contributed by atoms with Crippen molar-refractivity contribution in [3.8, 4) is 55.9 Å². The maximum Gasteiger partial charge on any atom is 0.416 e. The minimum atomic E-state index is -4.46. The van der Waals surface area contributed by atoms with Crippen molar-refractivity contribution < 1.29 is 13.2 Å². The van der Waals surface area contributed by atoms with Gasteiger partial charge in [0.05, 0.1) is 39.9 Å². The third-order valence-electron chi connectivity index (χ3n) is 13.0. The van der Waals surface area contributed by atoms with E-state index in [0.29, 0.717) is 22.4 Å². The zero-order chi connectivity index (χ0) is 44.6. The Morgan fingerprint density at radius 3 is 1.49 bits per heavy atom. The lowest BCUT2D eigenvalue weighted by Gasteiger charge is -2.19. The second kappa shape index (κ2) is 15.3. The monoisotopic (exact) mass is 847 g/mol. The molecule has 2 heterocycles. The summed E-state index contributed by atoms with van der Waals surface area (Å²) >= 11 is 0. The predicted octanol–water partition coefficient (Wildman–Crippen LogP) is 17.0. The molecule has 0 radical (unpaired) electrons. The van der Waals surface area contributed by atoms with Crippen LogP contribution < -0.4 is 0 Å². The molecule has 0 spiro atoms. The van der Waals surface area contributed by atoms with Crippen molar-refractivity contribution in [1.82, 2.24) is 9.13 Å². The fraction of sp³-hybridized carbons (Fsp3) is 0.0678. The van der Waals surface area contributed by atoms with Gasteiger partial charge in [0, 0.05) is 27.2 Å². The second-order valence-electron chi connectivity index (χ2n) is 16.9. The summed E-state index contributed by atoms with van der Waals surface area (Å²) in [7, 11) is 0. The van der Waals surface area contributed by atoms with Gasteiger partial charge < -0.3 is 9.13 Å². The minimum Gasteiger partial charge on any atom is -0.309 e. The molecule has 3 nitrogen and oxygen atoms in total. The average Bonchev–Trinajstić information content (AvgIpc) is 3.83. The molecule has 11 aromatic rings. The van der Waals surface area contributed by atoms with Crippen LogP contribution in [0.5, 0.6) is 0 Å². The highest BCUT2D eigenvalue weighted by Gasteiger charge is 2.31. The number of alkyl halides is 3. The average molecular weight is 848 g/mol. The van der Waals surface area contributed by atoms with Crippen LogP contribution in [0.2, 0.25) is 0 Å². The number of fused-ring (bicyclic) bond motifs is 6. The molecule has 0 amide bonds. The highest BCUT2D eigenvalue weighted by atomic mass is 19.4. The lowest BCUT2D eigenvalue weighted by Crippen LogP contribution is -2.05. The number of nitrogens with zero attached hydrogens (tertiary/aromatic N) is 3. The fourth-order valence-corrected chi connectivity index (χ4v) is 9.87. The molecule has 0 unspecified atom stereocenters. The molecule has 0 fully saturated rings. The van der Waals surface area contributed by atoms with Crippen molar-refractivity contribution in [2.24, 2.45) is 0 Å². The molecular weight excluding hydrogens is 808 g/mol. The van der Waals surface area contributed by atoms with Gasteiger partial charge in [0.15, 0.2) is 5.69 Å². The topological polar surface area (TPSA) is 14.2 Å². The number of benzene rings is 9. The SMILES string of the molecule is [C-]#[N+]c1ccc(-n2c3ccccc3c3cc(-c4ccccc4C)ccc32)cc1-c1cc(-c2ccc(C(F)(F)F)cc2C)ccc1-n1c2ccccc2c2cc(-c3ccccc3C)ccc21. The summed E-state index contributed by atoms with van der Waals surface area (Å²) in [6.45, 7) is 14.5. The number of hydrogen-bond acceptors (Lipinski definition) is 0. The van der Waals surface area contributed by atoms with E-state index in [2.05, 4.69) is 167 Å². The van der Waals surface area contributed by atoms with Crippen LogP contribution in [0.4, 0.5) is 18.9 Å². The van der Waals surface area contributed by atoms with Crippen LogP contribution in [0, 0.1) is 27.3 Å². The summed E-state index contributed by atoms with van der Waals surface area (Å²) in [5.41, 5.74) is 16.0. The van der Waals surface area contributed by atoms with Crippen molar-refractivity contribution in [2.75, 3.05) is 0 Å². The number of halogens is 3.